The third kappa shape index (κ3) is 8.18. The lowest BCUT2D eigenvalue weighted by molar-refractivity contribution is -0.143. The van der Waals surface area contributed by atoms with Gasteiger partial charge in [-0.25, -0.2) is 0 Å². The number of nitrogens with zero attached hydrogens (tertiary/aromatic N) is 1. The lowest BCUT2D eigenvalue weighted by atomic mass is 10.0. The molecule has 0 saturated carbocycles. The summed E-state index contributed by atoms with van der Waals surface area (Å²) in [7, 11) is 1.59. The second-order valence-electron chi connectivity index (χ2n) is 9.42. The Morgan fingerprint density at radius 2 is 1.37 bits per heavy atom. The summed E-state index contributed by atoms with van der Waals surface area (Å²) in [6.07, 6.45) is 0.393. The van der Waals surface area contributed by atoms with Gasteiger partial charge in [0, 0.05) is 18.5 Å². The number of rotatable bonds is 10. The van der Waals surface area contributed by atoms with E-state index in [0.717, 1.165) is 11.1 Å². The van der Waals surface area contributed by atoms with E-state index in [4.69, 9.17) is 9.47 Å². The molecule has 0 bridgehead atoms. The molecule has 1 atom stereocenters. The molecule has 0 saturated heterocycles. The fraction of sp³-hybridized carbons (Fsp3) is 0.310. The predicted molar refractivity (Wildman–Crippen MR) is 137 cm³/mol. The SMILES string of the molecule is COc1ccc(OCC(=O)N(Cc2ccccc2)[C@H](Cc2ccccc2)C(=O)NC(C)(C)C)cc1. The van der Waals surface area contributed by atoms with E-state index in [0.29, 0.717) is 24.5 Å². The molecule has 0 aliphatic carbocycles. The van der Waals surface area contributed by atoms with Crippen LogP contribution in [0.2, 0.25) is 0 Å². The molecule has 0 aliphatic heterocycles. The van der Waals surface area contributed by atoms with Crippen molar-refractivity contribution in [2.75, 3.05) is 13.7 Å². The summed E-state index contributed by atoms with van der Waals surface area (Å²) in [5, 5.41) is 3.06. The standard InChI is InChI=1S/C29H34N2O4/c1-29(2,3)30-28(33)26(19-22-11-7-5-8-12-22)31(20-23-13-9-6-10-14-23)27(32)21-35-25-17-15-24(34-4)16-18-25/h5-18,26H,19-21H2,1-4H3,(H,30,33)/t26-/m1/s1. The molecular weight excluding hydrogens is 440 g/mol. The van der Waals surface area contributed by atoms with Crippen LogP contribution in [-0.4, -0.2) is 42.0 Å². The number of methoxy groups -OCH3 is 1. The van der Waals surface area contributed by atoms with Gasteiger partial charge in [0.05, 0.1) is 7.11 Å². The Labute approximate surface area is 207 Å². The number of amides is 2. The van der Waals surface area contributed by atoms with Gasteiger partial charge in [-0.1, -0.05) is 60.7 Å². The highest BCUT2D eigenvalue weighted by Gasteiger charge is 2.32. The molecule has 0 unspecified atom stereocenters. The molecule has 2 amide bonds. The molecule has 1 N–H and O–H groups in total. The molecule has 3 rings (SSSR count). The van der Waals surface area contributed by atoms with Crippen molar-refractivity contribution in [2.45, 2.75) is 45.3 Å². The highest BCUT2D eigenvalue weighted by atomic mass is 16.5. The van der Waals surface area contributed by atoms with Crippen molar-refractivity contribution in [3.63, 3.8) is 0 Å². The van der Waals surface area contributed by atoms with E-state index in [1.165, 1.54) is 0 Å². The third-order valence-electron chi connectivity index (χ3n) is 5.39. The highest BCUT2D eigenvalue weighted by Crippen LogP contribution is 2.19. The van der Waals surface area contributed by atoms with E-state index in [9.17, 15) is 9.59 Å². The van der Waals surface area contributed by atoms with Crippen LogP contribution in [0.5, 0.6) is 11.5 Å². The minimum absolute atomic E-state index is 0.187. The smallest absolute Gasteiger partial charge is 0.261 e. The van der Waals surface area contributed by atoms with E-state index < -0.39 is 11.6 Å². The molecule has 3 aromatic carbocycles. The first-order valence-corrected chi connectivity index (χ1v) is 11.7. The minimum Gasteiger partial charge on any atom is -0.497 e. The van der Waals surface area contributed by atoms with Crippen molar-refractivity contribution >= 4 is 11.8 Å². The van der Waals surface area contributed by atoms with E-state index in [1.54, 1.807) is 36.3 Å². The maximum Gasteiger partial charge on any atom is 0.261 e. The maximum absolute atomic E-state index is 13.5. The normalized spacial score (nSPS) is 11.9. The highest BCUT2D eigenvalue weighted by molar-refractivity contribution is 5.89. The van der Waals surface area contributed by atoms with Crippen molar-refractivity contribution in [3.05, 3.63) is 96.1 Å². The lowest BCUT2D eigenvalue weighted by Gasteiger charge is -2.33. The van der Waals surface area contributed by atoms with E-state index in [-0.39, 0.29) is 18.4 Å². The van der Waals surface area contributed by atoms with Gasteiger partial charge < -0.3 is 19.7 Å². The van der Waals surface area contributed by atoms with Crippen LogP contribution in [0.1, 0.15) is 31.9 Å². The first kappa shape index (κ1) is 25.8. The summed E-state index contributed by atoms with van der Waals surface area (Å²) in [4.78, 5) is 28.6. The molecular formula is C29H34N2O4. The average Bonchev–Trinajstić information content (AvgIpc) is 2.85. The molecule has 0 spiro atoms. The molecule has 0 heterocycles. The van der Waals surface area contributed by atoms with Crippen LogP contribution >= 0.6 is 0 Å². The van der Waals surface area contributed by atoms with Crippen LogP contribution in [0.25, 0.3) is 0 Å². The molecule has 3 aromatic rings. The zero-order valence-electron chi connectivity index (χ0n) is 20.9. The second-order valence-corrected chi connectivity index (χ2v) is 9.42. The number of ether oxygens (including phenoxy) is 2. The molecule has 0 radical (unpaired) electrons. The molecule has 0 fully saturated rings. The molecule has 6 nitrogen and oxygen atoms in total. The average molecular weight is 475 g/mol. The molecule has 0 aromatic heterocycles. The van der Waals surface area contributed by atoms with E-state index in [2.05, 4.69) is 5.32 Å². The molecule has 184 valence electrons. The number of hydrogen-bond donors (Lipinski definition) is 1. The summed E-state index contributed by atoms with van der Waals surface area (Å²) < 4.78 is 11.0. The van der Waals surface area contributed by atoms with Crippen LogP contribution in [0.3, 0.4) is 0 Å². The van der Waals surface area contributed by atoms with Crippen molar-refractivity contribution in [1.29, 1.82) is 0 Å². The van der Waals surface area contributed by atoms with E-state index >= 15 is 0 Å². The number of carbonyl (C=O) groups is 2. The number of carbonyl (C=O) groups excluding carboxylic acids is 2. The Hall–Kier alpha value is -3.80. The Morgan fingerprint density at radius 1 is 0.829 bits per heavy atom. The summed E-state index contributed by atoms with van der Waals surface area (Å²) >= 11 is 0. The largest absolute Gasteiger partial charge is 0.497 e. The Balaban J connectivity index is 1.88. The van der Waals surface area contributed by atoms with Crippen molar-refractivity contribution < 1.29 is 19.1 Å². The first-order chi connectivity index (χ1) is 16.7. The van der Waals surface area contributed by atoms with Gasteiger partial charge in [0.2, 0.25) is 5.91 Å². The van der Waals surface area contributed by atoms with Gasteiger partial charge in [0.15, 0.2) is 6.61 Å². The van der Waals surface area contributed by atoms with Gasteiger partial charge in [-0.05, 0) is 56.2 Å². The Kier molecular flexibility index (Phi) is 8.90. The second kappa shape index (κ2) is 12.1. The Morgan fingerprint density at radius 3 is 1.91 bits per heavy atom. The van der Waals surface area contributed by atoms with Gasteiger partial charge in [-0.15, -0.1) is 0 Å². The van der Waals surface area contributed by atoms with Crippen molar-refractivity contribution in [2.24, 2.45) is 0 Å². The van der Waals surface area contributed by atoms with Gasteiger partial charge in [0.25, 0.3) is 5.91 Å². The third-order valence-corrected chi connectivity index (χ3v) is 5.39. The van der Waals surface area contributed by atoms with Crippen LogP contribution < -0.4 is 14.8 Å². The summed E-state index contributed by atoms with van der Waals surface area (Å²) in [6.45, 7) is 5.90. The van der Waals surface area contributed by atoms with Gasteiger partial charge in [-0.3, -0.25) is 9.59 Å². The summed E-state index contributed by atoms with van der Waals surface area (Å²) in [5.74, 6) is 0.790. The quantitative estimate of drug-likeness (QED) is 0.465. The van der Waals surface area contributed by atoms with Crippen LogP contribution in [0, 0.1) is 0 Å². The minimum atomic E-state index is -0.705. The maximum atomic E-state index is 13.5. The van der Waals surface area contributed by atoms with Crippen LogP contribution in [0.4, 0.5) is 0 Å². The predicted octanol–water partition coefficient (Wildman–Crippen LogP) is 4.63. The number of hydrogen-bond acceptors (Lipinski definition) is 4. The van der Waals surface area contributed by atoms with Crippen LogP contribution in [0.15, 0.2) is 84.9 Å². The monoisotopic (exact) mass is 474 g/mol. The lowest BCUT2D eigenvalue weighted by Crippen LogP contribution is -2.55. The Bertz CT molecular complexity index is 1080. The number of benzene rings is 3. The fourth-order valence-corrected chi connectivity index (χ4v) is 3.69. The zero-order chi connectivity index (χ0) is 25.3. The molecule has 0 aliphatic rings. The number of nitrogens with one attached hydrogen (secondary N) is 1. The zero-order valence-corrected chi connectivity index (χ0v) is 20.9. The van der Waals surface area contributed by atoms with Gasteiger partial charge >= 0.3 is 0 Å². The van der Waals surface area contributed by atoms with Crippen LogP contribution in [-0.2, 0) is 22.6 Å². The van der Waals surface area contributed by atoms with Gasteiger partial charge in [0.1, 0.15) is 17.5 Å². The van der Waals surface area contributed by atoms with E-state index in [1.807, 2.05) is 81.4 Å². The molecule has 6 heteroatoms. The summed E-state index contributed by atoms with van der Waals surface area (Å²) in [5.41, 5.74) is 1.47. The topological polar surface area (TPSA) is 67.9 Å². The molecule has 35 heavy (non-hydrogen) atoms. The first-order valence-electron chi connectivity index (χ1n) is 11.7. The van der Waals surface area contributed by atoms with Crippen molar-refractivity contribution in [3.8, 4) is 11.5 Å². The van der Waals surface area contributed by atoms with Gasteiger partial charge in [-0.2, -0.15) is 0 Å². The summed E-state index contributed by atoms with van der Waals surface area (Å²) in [6, 6.07) is 25.8. The fourth-order valence-electron chi connectivity index (χ4n) is 3.69. The van der Waals surface area contributed by atoms with Crippen molar-refractivity contribution in [1.82, 2.24) is 10.2 Å².